The van der Waals surface area contributed by atoms with E-state index in [0.717, 1.165) is 12.3 Å². The summed E-state index contributed by atoms with van der Waals surface area (Å²) in [5.74, 6) is 0.584. The first kappa shape index (κ1) is 18.6. The number of pyridine rings is 1. The molecule has 0 amide bonds. The van der Waals surface area contributed by atoms with E-state index in [4.69, 9.17) is 5.73 Å². The van der Waals surface area contributed by atoms with Gasteiger partial charge in [-0.1, -0.05) is 0 Å². The van der Waals surface area contributed by atoms with Crippen molar-refractivity contribution in [1.29, 1.82) is 0 Å². The first-order chi connectivity index (χ1) is 13.7. The van der Waals surface area contributed by atoms with Gasteiger partial charge >= 0.3 is 6.18 Å². The van der Waals surface area contributed by atoms with Gasteiger partial charge in [0.05, 0.1) is 22.9 Å². The molecule has 0 atom stereocenters. The zero-order valence-corrected chi connectivity index (χ0v) is 14.9. The van der Waals surface area contributed by atoms with Crippen molar-refractivity contribution < 1.29 is 17.6 Å². The third kappa shape index (κ3) is 3.66. The average molecular weight is 403 g/mol. The van der Waals surface area contributed by atoms with Crippen LogP contribution in [0.3, 0.4) is 0 Å². The Morgan fingerprint density at radius 2 is 1.83 bits per heavy atom. The van der Waals surface area contributed by atoms with E-state index in [0.29, 0.717) is 22.7 Å². The van der Waals surface area contributed by atoms with Gasteiger partial charge < -0.3 is 11.1 Å². The number of imidazole rings is 1. The fraction of sp³-hybridized carbons (Fsp3) is 0.111. The number of anilines is 3. The van der Waals surface area contributed by atoms with Crippen LogP contribution in [-0.4, -0.2) is 24.5 Å². The van der Waals surface area contributed by atoms with Gasteiger partial charge in [-0.15, -0.1) is 0 Å². The Morgan fingerprint density at radius 3 is 2.52 bits per heavy atom. The summed E-state index contributed by atoms with van der Waals surface area (Å²) in [6.07, 6.45) is -3.52. The van der Waals surface area contributed by atoms with Gasteiger partial charge in [-0.25, -0.2) is 14.4 Å². The maximum Gasteiger partial charge on any atom is 0.433 e. The Hall–Kier alpha value is -3.76. The Labute approximate surface area is 161 Å². The van der Waals surface area contributed by atoms with Crippen LogP contribution in [0.4, 0.5) is 35.0 Å². The van der Waals surface area contributed by atoms with Crippen LogP contribution < -0.4 is 11.1 Å². The normalized spacial score (nSPS) is 11.8. The van der Waals surface area contributed by atoms with E-state index in [1.807, 2.05) is 0 Å². The Morgan fingerprint density at radius 1 is 1.03 bits per heavy atom. The smallest absolute Gasteiger partial charge is 0.383 e. The lowest BCUT2D eigenvalue weighted by molar-refractivity contribution is -0.141. The molecule has 1 aromatic carbocycles. The molecule has 11 heteroatoms. The summed E-state index contributed by atoms with van der Waals surface area (Å²) in [4.78, 5) is 16.1. The van der Waals surface area contributed by atoms with E-state index >= 15 is 0 Å². The van der Waals surface area contributed by atoms with Crippen LogP contribution in [0.1, 0.15) is 11.5 Å². The molecule has 3 N–H and O–H groups in total. The molecule has 0 spiro atoms. The number of aromatic nitrogens is 5. The number of nitrogens with one attached hydrogen (secondary N) is 1. The van der Waals surface area contributed by atoms with Gasteiger partial charge in [0.25, 0.3) is 0 Å². The number of fused-ring (bicyclic) bond motifs is 1. The molecule has 3 aromatic heterocycles. The van der Waals surface area contributed by atoms with Crippen LogP contribution in [0, 0.1) is 12.7 Å². The maximum absolute atomic E-state index is 13.7. The fourth-order valence-electron chi connectivity index (χ4n) is 2.85. The van der Waals surface area contributed by atoms with Gasteiger partial charge in [-0.3, -0.25) is 4.57 Å². The molecule has 7 nitrogen and oxygen atoms in total. The summed E-state index contributed by atoms with van der Waals surface area (Å²) in [7, 11) is 0. The average Bonchev–Trinajstić information content (AvgIpc) is 2.96. The van der Waals surface area contributed by atoms with Crippen LogP contribution in [0.5, 0.6) is 0 Å². The largest absolute Gasteiger partial charge is 0.433 e. The summed E-state index contributed by atoms with van der Waals surface area (Å²) in [5.41, 5.74) is 6.15. The lowest BCUT2D eigenvalue weighted by atomic mass is 10.3. The number of nitrogens with zero attached hydrogens (tertiary/aromatic N) is 5. The van der Waals surface area contributed by atoms with Crippen LogP contribution in [0.15, 0.2) is 42.6 Å². The quantitative estimate of drug-likeness (QED) is 0.502. The highest BCUT2D eigenvalue weighted by Gasteiger charge is 2.32. The van der Waals surface area contributed by atoms with E-state index in [2.05, 4.69) is 25.3 Å². The van der Waals surface area contributed by atoms with Crippen molar-refractivity contribution >= 4 is 28.5 Å². The second-order valence-electron chi connectivity index (χ2n) is 6.16. The molecule has 0 unspecified atom stereocenters. The van der Waals surface area contributed by atoms with Crippen molar-refractivity contribution in [3.63, 3.8) is 0 Å². The summed E-state index contributed by atoms with van der Waals surface area (Å²) in [6.45, 7) is 1.73. The molecule has 0 saturated carbocycles. The number of nitrogens with two attached hydrogens (primary N) is 1. The minimum atomic E-state index is -4.53. The predicted molar refractivity (Wildman–Crippen MR) is 98.3 cm³/mol. The molecule has 0 saturated heterocycles. The zero-order chi connectivity index (χ0) is 20.8. The van der Waals surface area contributed by atoms with E-state index < -0.39 is 17.7 Å². The summed E-state index contributed by atoms with van der Waals surface area (Å²) in [6, 6.07) is 7.70. The van der Waals surface area contributed by atoms with Crippen molar-refractivity contribution in [1.82, 2.24) is 24.5 Å². The van der Waals surface area contributed by atoms with Crippen LogP contribution in [0.2, 0.25) is 0 Å². The lowest BCUT2D eigenvalue weighted by Crippen LogP contribution is -2.09. The molecule has 0 radical (unpaired) electrons. The van der Waals surface area contributed by atoms with E-state index in [9.17, 15) is 17.6 Å². The van der Waals surface area contributed by atoms with Crippen molar-refractivity contribution in [3.8, 4) is 5.82 Å². The highest BCUT2D eigenvalue weighted by atomic mass is 19.4. The molecule has 0 fully saturated rings. The van der Waals surface area contributed by atoms with E-state index in [1.165, 1.54) is 24.3 Å². The van der Waals surface area contributed by atoms with Gasteiger partial charge in [-0.2, -0.15) is 23.1 Å². The molecule has 3 heterocycles. The number of aryl methyl sites for hydroxylation is 1. The molecule has 0 aliphatic carbocycles. The van der Waals surface area contributed by atoms with Gasteiger partial charge in [0, 0.05) is 12.1 Å². The third-order valence-electron chi connectivity index (χ3n) is 4.06. The number of halogens is 4. The second kappa shape index (κ2) is 6.69. The van der Waals surface area contributed by atoms with Gasteiger partial charge in [0.15, 0.2) is 0 Å². The fourth-order valence-corrected chi connectivity index (χ4v) is 2.85. The third-order valence-corrected chi connectivity index (χ3v) is 4.06. The number of alkyl halides is 3. The highest BCUT2D eigenvalue weighted by molar-refractivity contribution is 5.78. The monoisotopic (exact) mass is 403 g/mol. The molecular weight excluding hydrogens is 390 g/mol. The van der Waals surface area contributed by atoms with Crippen molar-refractivity contribution in [2.24, 2.45) is 0 Å². The first-order valence-corrected chi connectivity index (χ1v) is 8.30. The molecule has 0 aliphatic rings. The van der Waals surface area contributed by atoms with E-state index in [1.54, 1.807) is 17.6 Å². The minimum absolute atomic E-state index is 0.0409. The van der Waals surface area contributed by atoms with Gasteiger partial charge in [0.2, 0.25) is 5.95 Å². The van der Waals surface area contributed by atoms with Crippen LogP contribution in [0.25, 0.3) is 16.9 Å². The van der Waals surface area contributed by atoms with Crippen molar-refractivity contribution in [2.45, 2.75) is 13.1 Å². The summed E-state index contributed by atoms with van der Waals surface area (Å²) in [5, 5.41) is 2.76. The van der Waals surface area contributed by atoms with Crippen molar-refractivity contribution in [3.05, 3.63) is 59.9 Å². The molecule has 0 bridgehead atoms. The summed E-state index contributed by atoms with van der Waals surface area (Å²) >= 11 is 0. The predicted octanol–water partition coefficient (Wildman–Crippen LogP) is 4.00. The Bertz CT molecular complexity index is 1200. The number of hydrogen-bond donors (Lipinski definition) is 2. The van der Waals surface area contributed by atoms with E-state index in [-0.39, 0.29) is 17.5 Å². The highest BCUT2D eigenvalue weighted by Crippen LogP contribution is 2.28. The second-order valence-corrected chi connectivity index (χ2v) is 6.16. The van der Waals surface area contributed by atoms with Gasteiger partial charge in [-0.05, 0) is 31.2 Å². The van der Waals surface area contributed by atoms with Gasteiger partial charge in [0.1, 0.15) is 29.0 Å². The molecule has 4 aromatic rings. The SMILES string of the molecule is Cc1nc2ccc(F)cc2n1-c1cc(N)nc(Nc2ccc(C(F)(F)F)nc2)n1. The number of rotatable bonds is 3. The van der Waals surface area contributed by atoms with Crippen LogP contribution >= 0.6 is 0 Å². The minimum Gasteiger partial charge on any atom is -0.383 e. The number of benzene rings is 1. The maximum atomic E-state index is 13.7. The Balaban J connectivity index is 1.72. The molecule has 0 aliphatic heterocycles. The Kier molecular flexibility index (Phi) is 4.29. The van der Waals surface area contributed by atoms with Crippen LogP contribution in [-0.2, 0) is 6.18 Å². The number of nitrogen functional groups attached to an aromatic ring is 1. The molecule has 4 rings (SSSR count). The molecule has 29 heavy (non-hydrogen) atoms. The number of hydrogen-bond acceptors (Lipinski definition) is 6. The summed E-state index contributed by atoms with van der Waals surface area (Å²) < 4.78 is 53.2. The zero-order valence-electron chi connectivity index (χ0n) is 14.9. The molecule has 148 valence electrons. The molecular formula is C18H13F4N7. The standard InChI is InChI=1S/C18H13F4N7/c1-9-25-12-4-2-10(19)6-13(12)29(9)16-7-15(23)27-17(28-16)26-11-3-5-14(24-8-11)18(20,21)22/h2-8H,1H3,(H3,23,26,27,28). The lowest BCUT2D eigenvalue weighted by Gasteiger charge is -2.11. The first-order valence-electron chi connectivity index (χ1n) is 8.30. The topological polar surface area (TPSA) is 94.5 Å². The van der Waals surface area contributed by atoms with Crippen molar-refractivity contribution in [2.75, 3.05) is 11.1 Å².